The van der Waals surface area contributed by atoms with Gasteiger partial charge >= 0.3 is 6.03 Å². The number of carbonyl (C=O) groups excluding carboxylic acids is 1. The Bertz CT molecular complexity index is 681. The van der Waals surface area contributed by atoms with Gasteiger partial charge in [0, 0.05) is 50.8 Å². The minimum atomic E-state index is -0.465. The fourth-order valence-electron chi connectivity index (χ4n) is 3.04. The Morgan fingerprint density at radius 3 is 2.72 bits per heavy atom. The van der Waals surface area contributed by atoms with Crippen LogP contribution in [0, 0.1) is 6.92 Å². The van der Waals surface area contributed by atoms with Gasteiger partial charge in [0.25, 0.3) is 0 Å². The highest BCUT2D eigenvalue weighted by Crippen LogP contribution is 2.12. The van der Waals surface area contributed by atoms with Crippen LogP contribution in [0.3, 0.4) is 0 Å². The van der Waals surface area contributed by atoms with Crippen molar-refractivity contribution in [1.82, 2.24) is 19.6 Å². The van der Waals surface area contributed by atoms with Gasteiger partial charge in [-0.25, -0.2) is 4.79 Å². The Morgan fingerprint density at radius 1 is 1.24 bits per heavy atom. The van der Waals surface area contributed by atoms with Gasteiger partial charge in [-0.1, -0.05) is 12.1 Å². The summed E-state index contributed by atoms with van der Waals surface area (Å²) in [5, 5.41) is 17.2. The van der Waals surface area contributed by atoms with Crippen LogP contribution in [0.1, 0.15) is 5.56 Å². The van der Waals surface area contributed by atoms with Crippen LogP contribution in [0.4, 0.5) is 10.5 Å². The van der Waals surface area contributed by atoms with Crippen LogP contribution in [0.15, 0.2) is 42.7 Å². The molecule has 2 N–H and O–H groups in total. The summed E-state index contributed by atoms with van der Waals surface area (Å²) in [6.45, 7) is 5.92. The van der Waals surface area contributed by atoms with Gasteiger partial charge in [0.15, 0.2) is 0 Å². The molecule has 0 unspecified atom stereocenters. The van der Waals surface area contributed by atoms with Gasteiger partial charge in [-0.15, -0.1) is 0 Å². The van der Waals surface area contributed by atoms with E-state index in [0.29, 0.717) is 26.2 Å². The van der Waals surface area contributed by atoms with E-state index in [1.807, 2.05) is 48.4 Å². The van der Waals surface area contributed by atoms with Gasteiger partial charge in [0.1, 0.15) is 0 Å². The predicted molar refractivity (Wildman–Crippen MR) is 96.4 cm³/mol. The van der Waals surface area contributed by atoms with E-state index in [0.717, 1.165) is 24.3 Å². The van der Waals surface area contributed by atoms with E-state index < -0.39 is 6.10 Å². The molecule has 0 radical (unpaired) electrons. The van der Waals surface area contributed by atoms with E-state index in [2.05, 4.69) is 15.3 Å². The number of amides is 2. The smallest absolute Gasteiger partial charge is 0.321 e. The number of nitrogens with one attached hydrogen (secondary N) is 1. The van der Waals surface area contributed by atoms with E-state index >= 15 is 0 Å². The van der Waals surface area contributed by atoms with Crippen molar-refractivity contribution in [3.8, 4) is 0 Å². The predicted octanol–water partition coefficient (Wildman–Crippen LogP) is 1.40. The molecule has 1 aliphatic rings. The second kappa shape index (κ2) is 8.13. The average Bonchev–Trinajstić information content (AvgIpc) is 3.08. The number of anilines is 1. The largest absolute Gasteiger partial charge is 0.390 e. The van der Waals surface area contributed by atoms with Gasteiger partial charge in [0.05, 0.1) is 12.6 Å². The van der Waals surface area contributed by atoms with E-state index in [9.17, 15) is 9.90 Å². The molecule has 0 spiro atoms. The van der Waals surface area contributed by atoms with Crippen LogP contribution in [0.2, 0.25) is 0 Å². The summed E-state index contributed by atoms with van der Waals surface area (Å²) in [5.41, 5.74) is 1.94. The number of benzene rings is 1. The Labute approximate surface area is 147 Å². The number of hydrogen-bond donors (Lipinski definition) is 2. The lowest BCUT2D eigenvalue weighted by Crippen LogP contribution is -2.51. The highest BCUT2D eigenvalue weighted by molar-refractivity contribution is 5.89. The molecular formula is C18H25N5O2. The monoisotopic (exact) mass is 343 g/mol. The zero-order chi connectivity index (χ0) is 17.6. The first-order valence-corrected chi connectivity index (χ1v) is 8.60. The molecule has 1 aromatic heterocycles. The maximum Gasteiger partial charge on any atom is 0.321 e. The number of hydrogen-bond acceptors (Lipinski definition) is 4. The minimum Gasteiger partial charge on any atom is -0.390 e. The van der Waals surface area contributed by atoms with Crippen molar-refractivity contribution >= 4 is 11.7 Å². The second-order valence-corrected chi connectivity index (χ2v) is 6.47. The number of aliphatic hydroxyl groups is 1. The minimum absolute atomic E-state index is 0.0673. The third-order valence-electron chi connectivity index (χ3n) is 4.35. The van der Waals surface area contributed by atoms with Crippen LogP contribution in [0.5, 0.6) is 0 Å². The van der Waals surface area contributed by atoms with Crippen LogP contribution in [-0.2, 0) is 6.54 Å². The molecular weight excluding hydrogens is 318 g/mol. The first-order chi connectivity index (χ1) is 12.1. The zero-order valence-corrected chi connectivity index (χ0v) is 14.5. The summed E-state index contributed by atoms with van der Waals surface area (Å²) in [7, 11) is 0. The Balaban J connectivity index is 1.42. The molecule has 1 saturated heterocycles. The van der Waals surface area contributed by atoms with Crippen LogP contribution < -0.4 is 5.32 Å². The SMILES string of the molecule is Cc1cccc(NC(=O)N2CCN(C[C@@H](O)Cn3cccn3)CC2)c1. The van der Waals surface area contributed by atoms with Gasteiger partial charge in [-0.2, -0.15) is 5.10 Å². The number of aryl methyl sites for hydroxylation is 1. The Kier molecular flexibility index (Phi) is 5.67. The van der Waals surface area contributed by atoms with Crippen LogP contribution in [0.25, 0.3) is 0 Å². The van der Waals surface area contributed by atoms with E-state index in [1.165, 1.54) is 0 Å². The number of rotatable bonds is 5. The molecule has 1 aliphatic heterocycles. The van der Waals surface area contributed by atoms with Gasteiger partial charge in [0.2, 0.25) is 0 Å². The molecule has 1 fully saturated rings. The fraction of sp³-hybridized carbons (Fsp3) is 0.444. The lowest BCUT2D eigenvalue weighted by Gasteiger charge is -2.35. The lowest BCUT2D eigenvalue weighted by atomic mass is 10.2. The molecule has 0 saturated carbocycles. The molecule has 7 nitrogen and oxygen atoms in total. The van der Waals surface area contributed by atoms with Crippen molar-refractivity contribution in [2.45, 2.75) is 19.6 Å². The van der Waals surface area contributed by atoms with Gasteiger partial charge < -0.3 is 15.3 Å². The molecule has 1 aromatic carbocycles. The number of aliphatic hydroxyl groups excluding tert-OH is 1. The molecule has 1 atom stereocenters. The van der Waals surface area contributed by atoms with Crippen molar-refractivity contribution in [2.24, 2.45) is 0 Å². The van der Waals surface area contributed by atoms with Crippen molar-refractivity contribution < 1.29 is 9.90 Å². The van der Waals surface area contributed by atoms with E-state index in [4.69, 9.17) is 0 Å². The highest BCUT2D eigenvalue weighted by Gasteiger charge is 2.22. The third-order valence-corrected chi connectivity index (χ3v) is 4.35. The van der Waals surface area contributed by atoms with Gasteiger partial charge in [-0.3, -0.25) is 9.58 Å². The summed E-state index contributed by atoms with van der Waals surface area (Å²) in [6.07, 6.45) is 3.09. The number of nitrogens with zero attached hydrogens (tertiary/aromatic N) is 4. The molecule has 7 heteroatoms. The molecule has 3 rings (SSSR count). The quantitative estimate of drug-likeness (QED) is 0.861. The summed E-state index contributed by atoms with van der Waals surface area (Å²) in [5.74, 6) is 0. The standard InChI is InChI=1S/C18H25N5O2/c1-15-4-2-5-16(12-15)20-18(25)22-10-8-21(9-11-22)13-17(24)14-23-7-3-6-19-23/h2-7,12,17,24H,8-11,13-14H2,1H3,(H,20,25)/t17-/m1/s1. The third kappa shape index (κ3) is 5.04. The number of urea groups is 1. The molecule has 0 aliphatic carbocycles. The first kappa shape index (κ1) is 17.4. The summed E-state index contributed by atoms with van der Waals surface area (Å²) < 4.78 is 1.73. The zero-order valence-electron chi connectivity index (χ0n) is 14.5. The number of piperazine rings is 1. The van der Waals surface area contributed by atoms with Crippen molar-refractivity contribution in [3.63, 3.8) is 0 Å². The topological polar surface area (TPSA) is 73.6 Å². The highest BCUT2D eigenvalue weighted by atomic mass is 16.3. The molecule has 2 heterocycles. The van der Waals surface area contributed by atoms with Crippen LogP contribution >= 0.6 is 0 Å². The van der Waals surface area contributed by atoms with Crippen molar-refractivity contribution in [2.75, 3.05) is 38.0 Å². The van der Waals surface area contributed by atoms with E-state index in [-0.39, 0.29) is 6.03 Å². The summed E-state index contributed by atoms with van der Waals surface area (Å²) in [4.78, 5) is 16.4. The number of carbonyl (C=O) groups is 1. The molecule has 0 bridgehead atoms. The lowest BCUT2D eigenvalue weighted by molar-refractivity contribution is 0.0715. The Hall–Kier alpha value is -2.38. The summed E-state index contributed by atoms with van der Waals surface area (Å²) in [6, 6.07) is 9.57. The maximum absolute atomic E-state index is 12.4. The molecule has 2 aromatic rings. The first-order valence-electron chi connectivity index (χ1n) is 8.60. The Morgan fingerprint density at radius 2 is 2.04 bits per heavy atom. The van der Waals surface area contributed by atoms with Gasteiger partial charge in [-0.05, 0) is 30.7 Å². The number of β-amino-alcohol motifs (C(OH)–C–C–N with tert-alkyl or cyclic N) is 1. The second-order valence-electron chi connectivity index (χ2n) is 6.47. The molecule has 134 valence electrons. The molecule has 2 amide bonds. The summed E-state index contributed by atoms with van der Waals surface area (Å²) >= 11 is 0. The number of aromatic nitrogens is 2. The average molecular weight is 343 g/mol. The van der Waals surface area contributed by atoms with Crippen LogP contribution in [-0.4, -0.2) is 69.5 Å². The molecule has 25 heavy (non-hydrogen) atoms. The normalized spacial score (nSPS) is 16.6. The van der Waals surface area contributed by atoms with Crippen molar-refractivity contribution in [1.29, 1.82) is 0 Å². The maximum atomic E-state index is 12.4. The van der Waals surface area contributed by atoms with Crippen molar-refractivity contribution in [3.05, 3.63) is 48.3 Å². The fourth-order valence-corrected chi connectivity index (χ4v) is 3.04. The van der Waals surface area contributed by atoms with E-state index in [1.54, 1.807) is 10.9 Å².